The normalized spacial score (nSPS) is 14.7. The number of anilines is 1. The second-order valence-electron chi connectivity index (χ2n) is 5.46. The van der Waals surface area contributed by atoms with Gasteiger partial charge in [-0.3, -0.25) is 4.98 Å². The van der Waals surface area contributed by atoms with Crippen molar-refractivity contribution in [1.29, 1.82) is 0 Å². The van der Waals surface area contributed by atoms with E-state index in [4.69, 9.17) is 9.47 Å². The Morgan fingerprint density at radius 1 is 1.08 bits per heavy atom. The number of benzene rings is 1. The number of ether oxygens (including phenoxy) is 2. The summed E-state index contributed by atoms with van der Waals surface area (Å²) in [4.78, 5) is 12.6. The van der Waals surface area contributed by atoms with Crippen molar-refractivity contribution in [3.63, 3.8) is 0 Å². The highest BCUT2D eigenvalue weighted by Crippen LogP contribution is 2.34. The third-order valence-electron chi connectivity index (χ3n) is 3.81. The molecule has 1 aliphatic heterocycles. The smallest absolute Gasteiger partial charge is 0.267 e. The molecule has 0 amide bonds. The van der Waals surface area contributed by atoms with Crippen molar-refractivity contribution in [2.75, 3.05) is 11.4 Å². The van der Waals surface area contributed by atoms with E-state index in [-0.39, 0.29) is 29.1 Å². The highest BCUT2D eigenvalue weighted by Gasteiger charge is 2.36. The molecule has 3 aromatic rings. The number of methoxy groups -OCH3 is 1. The van der Waals surface area contributed by atoms with Crippen molar-refractivity contribution in [1.82, 2.24) is 15.0 Å². The van der Waals surface area contributed by atoms with Gasteiger partial charge in [-0.1, -0.05) is 18.2 Å². The highest BCUT2D eigenvalue weighted by atomic mass is 32.2. The lowest BCUT2D eigenvalue weighted by molar-refractivity contribution is 0.388. The molecular formula is C17H14N4O4S. The standard InChI is InChI=1S/C17H14N4O4S/c1-24-15-9-16(25-13-6-4-8-18-10-13)20-17(19-15)21-11-12-5-2-3-7-14(12)26(21,22)23/h2-10H,11H2,1H3. The summed E-state index contributed by atoms with van der Waals surface area (Å²) in [7, 11) is -2.29. The van der Waals surface area contributed by atoms with Crippen LogP contribution >= 0.6 is 0 Å². The van der Waals surface area contributed by atoms with Crippen LogP contribution in [-0.2, 0) is 16.6 Å². The molecule has 8 nitrogen and oxygen atoms in total. The molecule has 1 aromatic carbocycles. The quantitative estimate of drug-likeness (QED) is 0.696. The van der Waals surface area contributed by atoms with Gasteiger partial charge in [0.2, 0.25) is 17.7 Å². The van der Waals surface area contributed by atoms with E-state index < -0.39 is 10.0 Å². The van der Waals surface area contributed by atoms with Crippen LogP contribution < -0.4 is 13.8 Å². The topological polar surface area (TPSA) is 94.5 Å². The van der Waals surface area contributed by atoms with Crippen LogP contribution in [0, 0.1) is 0 Å². The lowest BCUT2D eigenvalue weighted by Gasteiger charge is -2.16. The molecule has 0 saturated heterocycles. The molecule has 0 atom stereocenters. The van der Waals surface area contributed by atoms with Gasteiger partial charge in [0.25, 0.3) is 10.0 Å². The predicted molar refractivity (Wildman–Crippen MR) is 92.7 cm³/mol. The summed E-state index contributed by atoms with van der Waals surface area (Å²) in [6, 6.07) is 11.7. The molecule has 0 spiro atoms. The van der Waals surface area contributed by atoms with Crippen LogP contribution in [0.1, 0.15) is 5.56 Å². The van der Waals surface area contributed by atoms with Crippen molar-refractivity contribution in [3.05, 3.63) is 60.4 Å². The first kappa shape index (κ1) is 16.3. The largest absolute Gasteiger partial charge is 0.481 e. The SMILES string of the molecule is COc1cc(Oc2cccnc2)nc(N2Cc3ccccc3S2(=O)=O)n1. The summed E-state index contributed by atoms with van der Waals surface area (Å²) in [6.07, 6.45) is 3.14. The molecule has 132 valence electrons. The number of nitrogens with zero attached hydrogens (tertiary/aromatic N) is 4. The second-order valence-corrected chi connectivity index (χ2v) is 7.29. The Hall–Kier alpha value is -3.20. The van der Waals surface area contributed by atoms with E-state index in [0.717, 1.165) is 4.31 Å². The lowest BCUT2D eigenvalue weighted by Crippen LogP contribution is -2.25. The summed E-state index contributed by atoms with van der Waals surface area (Å²) in [5, 5.41) is 0. The van der Waals surface area contributed by atoms with Gasteiger partial charge in [-0.2, -0.15) is 9.97 Å². The Labute approximate surface area is 150 Å². The molecule has 0 saturated carbocycles. The van der Waals surface area contributed by atoms with Gasteiger partial charge in [-0.05, 0) is 23.8 Å². The van der Waals surface area contributed by atoms with Gasteiger partial charge in [0.05, 0.1) is 30.8 Å². The van der Waals surface area contributed by atoms with Crippen molar-refractivity contribution in [3.8, 4) is 17.5 Å². The average molecular weight is 370 g/mol. The van der Waals surface area contributed by atoms with E-state index in [9.17, 15) is 8.42 Å². The van der Waals surface area contributed by atoms with E-state index in [1.54, 1.807) is 42.6 Å². The van der Waals surface area contributed by atoms with Gasteiger partial charge in [-0.15, -0.1) is 0 Å². The average Bonchev–Trinajstić information content (AvgIpc) is 2.93. The Kier molecular flexibility index (Phi) is 3.92. The van der Waals surface area contributed by atoms with E-state index in [1.807, 2.05) is 0 Å². The molecule has 3 heterocycles. The zero-order valence-corrected chi connectivity index (χ0v) is 14.5. The van der Waals surface area contributed by atoms with Crippen LogP contribution in [0.4, 0.5) is 5.95 Å². The Morgan fingerprint density at radius 3 is 2.62 bits per heavy atom. The second kappa shape index (κ2) is 6.26. The fourth-order valence-corrected chi connectivity index (χ4v) is 4.17. The number of rotatable bonds is 4. The first-order valence-electron chi connectivity index (χ1n) is 7.69. The summed E-state index contributed by atoms with van der Waals surface area (Å²) >= 11 is 0. The summed E-state index contributed by atoms with van der Waals surface area (Å²) in [5.74, 6) is 0.803. The molecule has 0 fully saturated rings. The molecule has 0 aliphatic carbocycles. The molecule has 2 aromatic heterocycles. The number of aromatic nitrogens is 3. The van der Waals surface area contributed by atoms with Gasteiger partial charge in [0.1, 0.15) is 5.75 Å². The van der Waals surface area contributed by atoms with Crippen LogP contribution in [0.25, 0.3) is 0 Å². The Bertz CT molecular complexity index is 1060. The van der Waals surface area contributed by atoms with Crippen LogP contribution in [0.15, 0.2) is 59.8 Å². The van der Waals surface area contributed by atoms with Crippen molar-refractivity contribution in [2.45, 2.75) is 11.4 Å². The van der Waals surface area contributed by atoms with E-state index in [0.29, 0.717) is 11.3 Å². The number of hydrogen-bond acceptors (Lipinski definition) is 7. The van der Waals surface area contributed by atoms with Gasteiger partial charge in [0, 0.05) is 6.20 Å². The number of pyridine rings is 1. The van der Waals surface area contributed by atoms with Crippen molar-refractivity contribution < 1.29 is 17.9 Å². The van der Waals surface area contributed by atoms with Gasteiger partial charge in [-0.25, -0.2) is 12.7 Å². The maximum Gasteiger partial charge on any atom is 0.267 e. The Morgan fingerprint density at radius 2 is 1.88 bits per heavy atom. The number of fused-ring (bicyclic) bond motifs is 1. The molecule has 26 heavy (non-hydrogen) atoms. The minimum Gasteiger partial charge on any atom is -0.481 e. The van der Waals surface area contributed by atoms with E-state index >= 15 is 0 Å². The molecule has 9 heteroatoms. The fourth-order valence-electron chi connectivity index (χ4n) is 2.61. The zero-order valence-electron chi connectivity index (χ0n) is 13.7. The molecule has 0 bridgehead atoms. The maximum absolute atomic E-state index is 12.8. The van der Waals surface area contributed by atoms with Crippen LogP contribution in [0.2, 0.25) is 0 Å². The minimum absolute atomic E-state index is 0.0144. The molecule has 0 N–H and O–H groups in total. The molecule has 1 aliphatic rings. The van der Waals surface area contributed by atoms with Crippen molar-refractivity contribution >= 4 is 16.0 Å². The first-order valence-corrected chi connectivity index (χ1v) is 9.13. The zero-order chi connectivity index (χ0) is 18.1. The highest BCUT2D eigenvalue weighted by molar-refractivity contribution is 7.93. The maximum atomic E-state index is 12.8. The minimum atomic E-state index is -3.73. The Balaban J connectivity index is 1.74. The van der Waals surface area contributed by atoms with E-state index in [2.05, 4.69) is 15.0 Å². The third kappa shape index (κ3) is 2.82. The molecule has 4 rings (SSSR count). The van der Waals surface area contributed by atoms with Crippen LogP contribution in [0.5, 0.6) is 17.5 Å². The monoisotopic (exact) mass is 370 g/mol. The lowest BCUT2D eigenvalue weighted by atomic mass is 10.2. The van der Waals surface area contributed by atoms with Gasteiger partial charge in [0.15, 0.2) is 0 Å². The van der Waals surface area contributed by atoms with Gasteiger partial charge >= 0.3 is 0 Å². The number of sulfonamides is 1. The number of hydrogen-bond donors (Lipinski definition) is 0. The van der Waals surface area contributed by atoms with Crippen LogP contribution in [-0.4, -0.2) is 30.5 Å². The molecule has 0 unspecified atom stereocenters. The van der Waals surface area contributed by atoms with Crippen molar-refractivity contribution in [2.24, 2.45) is 0 Å². The molecular weight excluding hydrogens is 356 g/mol. The van der Waals surface area contributed by atoms with Gasteiger partial charge < -0.3 is 9.47 Å². The third-order valence-corrected chi connectivity index (χ3v) is 5.64. The predicted octanol–water partition coefficient (Wildman–Crippen LogP) is 2.38. The summed E-state index contributed by atoms with van der Waals surface area (Å²) in [5.41, 5.74) is 0.689. The fraction of sp³-hybridized carbons (Fsp3) is 0.118. The van der Waals surface area contributed by atoms with E-state index in [1.165, 1.54) is 19.4 Å². The molecule has 0 radical (unpaired) electrons. The summed E-state index contributed by atoms with van der Waals surface area (Å²) < 4.78 is 37.6. The summed E-state index contributed by atoms with van der Waals surface area (Å²) in [6.45, 7) is 0.151. The first-order chi connectivity index (χ1) is 12.6. The van der Waals surface area contributed by atoms with Crippen LogP contribution in [0.3, 0.4) is 0 Å².